The van der Waals surface area contributed by atoms with Gasteiger partial charge in [0.15, 0.2) is 5.16 Å². The van der Waals surface area contributed by atoms with E-state index in [-0.39, 0.29) is 5.91 Å². The van der Waals surface area contributed by atoms with Crippen LogP contribution in [0.25, 0.3) is 11.0 Å². The average molecular weight is 324 g/mol. The summed E-state index contributed by atoms with van der Waals surface area (Å²) < 4.78 is 0. The normalized spacial score (nSPS) is 19.1. The summed E-state index contributed by atoms with van der Waals surface area (Å²) >= 11 is 7.41. The number of rotatable bonds is 3. The van der Waals surface area contributed by atoms with Gasteiger partial charge in [-0.2, -0.15) is 0 Å². The van der Waals surface area contributed by atoms with E-state index in [1.54, 1.807) is 0 Å². The van der Waals surface area contributed by atoms with Gasteiger partial charge in [-0.3, -0.25) is 4.79 Å². The quantitative estimate of drug-likeness (QED) is 0.876. The van der Waals surface area contributed by atoms with Crippen molar-refractivity contribution in [2.24, 2.45) is 0 Å². The van der Waals surface area contributed by atoms with Crippen LogP contribution < -0.4 is 0 Å². The number of aromatic nitrogens is 2. The molecule has 1 aliphatic rings. The molecule has 0 bridgehead atoms. The number of amides is 1. The number of nitrogens with one attached hydrogen (secondary N) is 1. The fraction of sp³-hybridized carbons (Fsp3) is 0.467. The summed E-state index contributed by atoms with van der Waals surface area (Å²) in [6, 6.07) is 5.91. The average Bonchev–Trinajstić information content (AvgIpc) is 2.87. The van der Waals surface area contributed by atoms with Crippen molar-refractivity contribution in [3.05, 3.63) is 23.2 Å². The third-order valence-electron chi connectivity index (χ3n) is 3.88. The Morgan fingerprint density at radius 2 is 2.38 bits per heavy atom. The monoisotopic (exact) mass is 323 g/mol. The summed E-state index contributed by atoms with van der Waals surface area (Å²) in [7, 11) is 0. The van der Waals surface area contributed by atoms with Crippen molar-refractivity contribution in [2.75, 3.05) is 12.3 Å². The van der Waals surface area contributed by atoms with Gasteiger partial charge in [-0.05, 0) is 44.4 Å². The Morgan fingerprint density at radius 3 is 3.19 bits per heavy atom. The van der Waals surface area contributed by atoms with Crippen LogP contribution in [0.2, 0.25) is 5.02 Å². The molecule has 6 heteroatoms. The van der Waals surface area contributed by atoms with E-state index in [4.69, 9.17) is 11.6 Å². The molecule has 1 aromatic carbocycles. The van der Waals surface area contributed by atoms with Crippen molar-refractivity contribution >= 4 is 40.3 Å². The highest BCUT2D eigenvalue weighted by molar-refractivity contribution is 7.99. The lowest BCUT2D eigenvalue weighted by molar-refractivity contribution is -0.131. The van der Waals surface area contributed by atoms with Gasteiger partial charge in [0.1, 0.15) is 0 Å². The molecule has 1 amide bonds. The van der Waals surface area contributed by atoms with Crippen LogP contribution in [0.5, 0.6) is 0 Å². The number of likely N-dealkylation sites (tertiary alicyclic amines) is 1. The van der Waals surface area contributed by atoms with E-state index in [0.29, 0.717) is 16.8 Å². The van der Waals surface area contributed by atoms with Gasteiger partial charge in [0.05, 0.1) is 16.8 Å². The zero-order valence-corrected chi connectivity index (χ0v) is 13.5. The number of benzene rings is 1. The number of fused-ring (bicyclic) bond motifs is 1. The van der Waals surface area contributed by atoms with E-state index in [1.165, 1.54) is 18.2 Å². The van der Waals surface area contributed by atoms with Crippen LogP contribution in [0, 0.1) is 0 Å². The maximum absolute atomic E-state index is 12.3. The molecule has 112 valence electrons. The Labute approximate surface area is 133 Å². The molecule has 1 saturated heterocycles. The summed E-state index contributed by atoms with van der Waals surface area (Å²) in [4.78, 5) is 22.0. The maximum atomic E-state index is 12.3. The molecular weight excluding hydrogens is 306 g/mol. The number of thioether (sulfide) groups is 1. The zero-order valence-electron chi connectivity index (χ0n) is 11.9. The second-order valence-electron chi connectivity index (χ2n) is 5.42. The third-order valence-corrected chi connectivity index (χ3v) is 4.97. The summed E-state index contributed by atoms with van der Waals surface area (Å²) in [5, 5.41) is 1.45. The molecule has 0 spiro atoms. The van der Waals surface area contributed by atoms with Gasteiger partial charge < -0.3 is 9.88 Å². The number of hydrogen-bond donors (Lipinski definition) is 1. The summed E-state index contributed by atoms with van der Waals surface area (Å²) in [5.41, 5.74) is 1.78. The Bertz CT molecular complexity index is 657. The van der Waals surface area contributed by atoms with Gasteiger partial charge >= 0.3 is 0 Å². The summed E-state index contributed by atoms with van der Waals surface area (Å²) in [5.74, 6) is 0.628. The number of H-pyrrole nitrogens is 1. The molecular formula is C15H18ClN3OS. The first-order valence-corrected chi connectivity index (χ1v) is 8.57. The van der Waals surface area contributed by atoms with Crippen LogP contribution in [-0.2, 0) is 4.79 Å². The second-order valence-corrected chi connectivity index (χ2v) is 6.82. The van der Waals surface area contributed by atoms with E-state index in [2.05, 4.69) is 16.9 Å². The predicted molar refractivity (Wildman–Crippen MR) is 86.9 cm³/mol. The second kappa shape index (κ2) is 6.28. The molecule has 0 unspecified atom stereocenters. The van der Waals surface area contributed by atoms with Crippen LogP contribution in [0.3, 0.4) is 0 Å². The van der Waals surface area contributed by atoms with Crippen LogP contribution >= 0.6 is 23.4 Å². The van der Waals surface area contributed by atoms with Crippen molar-refractivity contribution in [2.45, 2.75) is 37.4 Å². The lowest BCUT2D eigenvalue weighted by atomic mass is 10.0. The minimum Gasteiger partial charge on any atom is -0.339 e. The van der Waals surface area contributed by atoms with E-state index in [9.17, 15) is 4.79 Å². The number of piperidine rings is 1. The largest absolute Gasteiger partial charge is 0.339 e. The fourth-order valence-electron chi connectivity index (χ4n) is 2.71. The van der Waals surface area contributed by atoms with Gasteiger partial charge in [0.25, 0.3) is 0 Å². The highest BCUT2D eigenvalue weighted by atomic mass is 35.5. The molecule has 21 heavy (non-hydrogen) atoms. The highest BCUT2D eigenvalue weighted by Gasteiger charge is 2.23. The minimum atomic E-state index is 0.200. The van der Waals surface area contributed by atoms with Crippen molar-refractivity contribution < 1.29 is 4.79 Å². The van der Waals surface area contributed by atoms with Crippen LogP contribution in [0.15, 0.2) is 23.4 Å². The van der Waals surface area contributed by atoms with Crippen molar-refractivity contribution in [3.63, 3.8) is 0 Å². The topological polar surface area (TPSA) is 49.0 Å². The Morgan fingerprint density at radius 1 is 1.52 bits per heavy atom. The molecule has 1 N–H and O–H groups in total. The maximum Gasteiger partial charge on any atom is 0.233 e. The third kappa shape index (κ3) is 3.35. The molecule has 2 heterocycles. The number of carbonyl (C=O) groups is 1. The molecule has 1 atom stereocenters. The first kappa shape index (κ1) is 14.7. The number of nitrogens with zero attached hydrogens (tertiary/aromatic N) is 2. The highest BCUT2D eigenvalue weighted by Crippen LogP contribution is 2.23. The summed E-state index contributed by atoms with van der Waals surface area (Å²) in [6.45, 7) is 3.02. The Balaban J connectivity index is 1.64. The zero-order chi connectivity index (χ0) is 14.8. The lowest BCUT2D eigenvalue weighted by Crippen LogP contribution is -2.42. The summed E-state index contributed by atoms with van der Waals surface area (Å²) in [6.07, 6.45) is 3.45. The Hall–Kier alpha value is -1.20. The molecule has 1 fully saturated rings. The van der Waals surface area contributed by atoms with E-state index < -0.39 is 0 Å². The molecule has 1 aromatic heterocycles. The molecule has 3 rings (SSSR count). The molecule has 4 nitrogen and oxygen atoms in total. The van der Waals surface area contributed by atoms with Crippen molar-refractivity contribution in [1.82, 2.24) is 14.9 Å². The van der Waals surface area contributed by atoms with Gasteiger partial charge in [-0.25, -0.2) is 4.98 Å². The van der Waals surface area contributed by atoms with Crippen molar-refractivity contribution in [1.29, 1.82) is 0 Å². The predicted octanol–water partition coefficient (Wildman–Crippen LogP) is 3.71. The number of halogens is 1. The first-order valence-electron chi connectivity index (χ1n) is 7.21. The SMILES string of the molecule is C[C@H]1CCCCN1C(=O)CSc1nc2ccc(Cl)cc2[nH]1. The fourth-order valence-corrected chi connectivity index (χ4v) is 3.65. The van der Waals surface area contributed by atoms with E-state index in [1.807, 2.05) is 23.1 Å². The standard InChI is InChI=1S/C15H18ClN3OS/c1-10-4-2-3-7-19(10)14(20)9-21-15-17-12-6-5-11(16)8-13(12)18-15/h5-6,8,10H,2-4,7,9H2,1H3,(H,17,18)/t10-/m0/s1. The molecule has 0 radical (unpaired) electrons. The van der Waals surface area contributed by atoms with Gasteiger partial charge in [0, 0.05) is 17.6 Å². The number of imidazole rings is 1. The van der Waals surface area contributed by atoms with E-state index in [0.717, 1.165) is 35.6 Å². The van der Waals surface area contributed by atoms with Crippen molar-refractivity contribution in [3.8, 4) is 0 Å². The smallest absolute Gasteiger partial charge is 0.233 e. The Kier molecular flexibility index (Phi) is 4.40. The molecule has 0 saturated carbocycles. The van der Waals surface area contributed by atoms with Gasteiger partial charge in [-0.15, -0.1) is 0 Å². The molecule has 1 aliphatic heterocycles. The first-order chi connectivity index (χ1) is 10.1. The van der Waals surface area contributed by atoms with Crippen LogP contribution in [-0.4, -0.2) is 39.1 Å². The van der Waals surface area contributed by atoms with Crippen LogP contribution in [0.4, 0.5) is 0 Å². The van der Waals surface area contributed by atoms with Crippen LogP contribution in [0.1, 0.15) is 26.2 Å². The number of hydrogen-bond acceptors (Lipinski definition) is 3. The lowest BCUT2D eigenvalue weighted by Gasteiger charge is -2.33. The van der Waals surface area contributed by atoms with Gasteiger partial charge in [0.2, 0.25) is 5.91 Å². The van der Waals surface area contributed by atoms with E-state index >= 15 is 0 Å². The minimum absolute atomic E-state index is 0.200. The van der Waals surface area contributed by atoms with Gasteiger partial charge in [-0.1, -0.05) is 23.4 Å². The molecule has 2 aromatic rings. The number of carbonyl (C=O) groups excluding carboxylic acids is 1. The molecule has 0 aliphatic carbocycles. The number of aromatic amines is 1.